The highest BCUT2D eigenvalue weighted by atomic mass is 16.2. The van der Waals surface area contributed by atoms with Crippen LogP contribution < -0.4 is 20.9 Å². The molecule has 1 amide bonds. The summed E-state index contributed by atoms with van der Waals surface area (Å²) in [6.45, 7) is 11.0. The SMILES string of the molecule is C=[N+]1CCC(Nc2cccc3c2N(C(C)=O)CC3)CC1NC1(CC)CCNc2ccccc21. The second-order valence-electron chi connectivity index (χ2n) is 9.73. The molecule has 0 bridgehead atoms. The van der Waals surface area contributed by atoms with E-state index in [-0.39, 0.29) is 17.6 Å². The molecule has 5 rings (SSSR count). The number of nitrogens with one attached hydrogen (secondary N) is 3. The zero-order chi connectivity index (χ0) is 23.0. The van der Waals surface area contributed by atoms with Crippen LogP contribution in [-0.2, 0) is 16.8 Å². The monoisotopic (exact) mass is 446 g/mol. The molecule has 0 radical (unpaired) electrons. The maximum Gasteiger partial charge on any atom is 0.223 e. The van der Waals surface area contributed by atoms with Crippen molar-refractivity contribution in [1.29, 1.82) is 0 Å². The first-order valence-electron chi connectivity index (χ1n) is 12.4. The number of piperidine rings is 1. The van der Waals surface area contributed by atoms with Gasteiger partial charge in [0, 0.05) is 44.6 Å². The third-order valence-electron chi connectivity index (χ3n) is 7.80. The van der Waals surface area contributed by atoms with Crippen molar-refractivity contribution in [2.24, 2.45) is 0 Å². The Bertz CT molecular complexity index is 1070. The van der Waals surface area contributed by atoms with Gasteiger partial charge in [-0.15, -0.1) is 0 Å². The third kappa shape index (κ3) is 4.01. The first-order chi connectivity index (χ1) is 16.0. The van der Waals surface area contributed by atoms with E-state index in [9.17, 15) is 4.79 Å². The summed E-state index contributed by atoms with van der Waals surface area (Å²) in [6.07, 6.45) is 5.20. The predicted octanol–water partition coefficient (Wildman–Crippen LogP) is 3.92. The molecular weight excluding hydrogens is 410 g/mol. The van der Waals surface area contributed by atoms with Gasteiger partial charge in [-0.25, -0.2) is 9.89 Å². The Morgan fingerprint density at radius 3 is 2.94 bits per heavy atom. The number of para-hydroxylation sites is 2. The second-order valence-corrected chi connectivity index (χ2v) is 9.73. The quantitative estimate of drug-likeness (QED) is 0.610. The number of amides is 1. The number of carbonyl (C=O) groups is 1. The number of hydrogen-bond acceptors (Lipinski definition) is 4. The predicted molar refractivity (Wildman–Crippen MR) is 136 cm³/mol. The molecule has 1 saturated heterocycles. The molecule has 2 aromatic carbocycles. The van der Waals surface area contributed by atoms with Gasteiger partial charge in [0.2, 0.25) is 12.1 Å². The lowest BCUT2D eigenvalue weighted by atomic mass is 9.80. The molecule has 0 saturated carbocycles. The number of carbonyl (C=O) groups excluding carboxylic acids is 1. The molecule has 2 aromatic rings. The van der Waals surface area contributed by atoms with Gasteiger partial charge in [0.1, 0.15) is 13.3 Å². The van der Waals surface area contributed by atoms with E-state index in [0.717, 1.165) is 63.1 Å². The summed E-state index contributed by atoms with van der Waals surface area (Å²) < 4.78 is 2.22. The molecule has 3 N–H and O–H groups in total. The molecule has 174 valence electrons. The molecule has 3 heterocycles. The second kappa shape index (κ2) is 8.82. The molecule has 6 nitrogen and oxygen atoms in total. The summed E-state index contributed by atoms with van der Waals surface area (Å²) in [5, 5.41) is 11.4. The van der Waals surface area contributed by atoms with Gasteiger partial charge in [0.05, 0.1) is 16.9 Å². The van der Waals surface area contributed by atoms with Crippen LogP contribution in [0.4, 0.5) is 17.1 Å². The van der Waals surface area contributed by atoms with Gasteiger partial charge in [-0.1, -0.05) is 37.3 Å². The fourth-order valence-electron chi connectivity index (χ4n) is 5.94. The van der Waals surface area contributed by atoms with Crippen LogP contribution in [0.2, 0.25) is 0 Å². The summed E-state index contributed by atoms with van der Waals surface area (Å²) in [6, 6.07) is 15.4. The van der Waals surface area contributed by atoms with Crippen LogP contribution in [0, 0.1) is 0 Å². The van der Waals surface area contributed by atoms with Crippen molar-refractivity contribution in [2.45, 2.75) is 63.7 Å². The number of fused-ring (bicyclic) bond motifs is 2. The van der Waals surface area contributed by atoms with Gasteiger partial charge in [0.15, 0.2) is 0 Å². The normalized spacial score (nSPS) is 26.4. The van der Waals surface area contributed by atoms with E-state index in [4.69, 9.17) is 0 Å². The van der Waals surface area contributed by atoms with Crippen molar-refractivity contribution in [2.75, 3.05) is 35.2 Å². The first kappa shape index (κ1) is 22.0. The van der Waals surface area contributed by atoms with Crippen molar-refractivity contribution in [3.63, 3.8) is 0 Å². The Hall–Kier alpha value is -2.86. The Balaban J connectivity index is 1.36. The van der Waals surface area contributed by atoms with Gasteiger partial charge in [-0.2, -0.15) is 0 Å². The summed E-state index contributed by atoms with van der Waals surface area (Å²) in [5.74, 6) is 0.115. The summed E-state index contributed by atoms with van der Waals surface area (Å²) in [5.41, 5.74) is 5.96. The minimum absolute atomic E-state index is 0.0518. The zero-order valence-electron chi connectivity index (χ0n) is 19.9. The van der Waals surface area contributed by atoms with Gasteiger partial charge in [0.25, 0.3) is 0 Å². The van der Waals surface area contributed by atoms with E-state index in [1.807, 2.05) is 4.90 Å². The largest absolute Gasteiger partial charge is 0.385 e. The average molecular weight is 447 g/mol. The van der Waals surface area contributed by atoms with Crippen LogP contribution in [0.5, 0.6) is 0 Å². The van der Waals surface area contributed by atoms with Gasteiger partial charge >= 0.3 is 0 Å². The Labute approximate surface area is 197 Å². The maximum atomic E-state index is 12.2. The number of nitrogens with zero attached hydrogens (tertiary/aromatic N) is 2. The topological polar surface area (TPSA) is 59.4 Å². The van der Waals surface area contributed by atoms with E-state index in [2.05, 4.69) is 76.6 Å². The standard InChI is InChI=1S/C27H36N5O/c1-4-27(14-15-28-23-10-6-5-9-22(23)27)30-25-18-21(13-16-31(25)3)29-24-11-7-8-20-12-17-32(19(2)33)26(20)24/h5-11,21,25,28-30H,3-4,12-18H2,1-2H3/q+1. The maximum absolute atomic E-state index is 12.2. The van der Waals surface area contributed by atoms with E-state index in [1.54, 1.807) is 6.92 Å². The third-order valence-corrected chi connectivity index (χ3v) is 7.80. The molecule has 33 heavy (non-hydrogen) atoms. The number of benzene rings is 2. The minimum Gasteiger partial charge on any atom is -0.385 e. The van der Waals surface area contributed by atoms with Gasteiger partial charge in [-0.05, 0) is 42.5 Å². The van der Waals surface area contributed by atoms with Gasteiger partial charge < -0.3 is 15.5 Å². The van der Waals surface area contributed by atoms with E-state index in [1.165, 1.54) is 16.8 Å². The van der Waals surface area contributed by atoms with Crippen molar-refractivity contribution in [3.05, 3.63) is 53.6 Å². The highest BCUT2D eigenvalue weighted by molar-refractivity contribution is 5.98. The zero-order valence-corrected chi connectivity index (χ0v) is 19.9. The lowest BCUT2D eigenvalue weighted by Crippen LogP contribution is -2.57. The van der Waals surface area contributed by atoms with Crippen molar-refractivity contribution in [3.8, 4) is 0 Å². The lowest BCUT2D eigenvalue weighted by molar-refractivity contribution is -0.578. The van der Waals surface area contributed by atoms with Crippen molar-refractivity contribution >= 4 is 29.7 Å². The van der Waals surface area contributed by atoms with Crippen molar-refractivity contribution < 1.29 is 9.37 Å². The molecule has 0 aromatic heterocycles. The Morgan fingerprint density at radius 1 is 1.27 bits per heavy atom. The van der Waals surface area contributed by atoms with E-state index in [0.29, 0.717) is 6.04 Å². The molecule has 0 spiro atoms. The molecule has 0 aliphatic carbocycles. The number of anilines is 3. The average Bonchev–Trinajstić information content (AvgIpc) is 3.27. The molecule has 6 heteroatoms. The van der Waals surface area contributed by atoms with E-state index >= 15 is 0 Å². The van der Waals surface area contributed by atoms with Crippen LogP contribution in [0.1, 0.15) is 50.7 Å². The van der Waals surface area contributed by atoms with E-state index < -0.39 is 0 Å². The smallest absolute Gasteiger partial charge is 0.223 e. The summed E-state index contributed by atoms with van der Waals surface area (Å²) in [4.78, 5) is 14.1. The van der Waals surface area contributed by atoms with Crippen molar-refractivity contribution in [1.82, 2.24) is 5.32 Å². The van der Waals surface area contributed by atoms with Gasteiger partial charge in [-0.3, -0.25) is 4.79 Å². The lowest BCUT2D eigenvalue weighted by Gasteiger charge is -2.42. The van der Waals surface area contributed by atoms with Crippen LogP contribution in [-0.4, -0.2) is 49.0 Å². The van der Waals surface area contributed by atoms with Crippen LogP contribution in [0.25, 0.3) is 0 Å². The highest BCUT2D eigenvalue weighted by Crippen LogP contribution is 2.39. The molecule has 3 aliphatic heterocycles. The van der Waals surface area contributed by atoms with Crippen LogP contribution >= 0.6 is 0 Å². The molecule has 3 atom stereocenters. The fraction of sp³-hybridized carbons (Fsp3) is 0.481. The summed E-state index contributed by atoms with van der Waals surface area (Å²) in [7, 11) is 0. The van der Waals surface area contributed by atoms with Crippen LogP contribution in [0.3, 0.4) is 0 Å². The fourth-order valence-corrected chi connectivity index (χ4v) is 5.94. The minimum atomic E-state index is -0.0518. The first-order valence-corrected chi connectivity index (χ1v) is 12.4. The number of rotatable bonds is 5. The molecule has 1 fully saturated rings. The molecular formula is C27H36N5O+. The molecule has 3 unspecified atom stereocenters. The molecule has 3 aliphatic rings. The highest BCUT2D eigenvalue weighted by Gasteiger charge is 2.41. The number of hydrogen-bond donors (Lipinski definition) is 3. The van der Waals surface area contributed by atoms with Crippen LogP contribution in [0.15, 0.2) is 42.5 Å². The Kier molecular flexibility index (Phi) is 5.87. The summed E-state index contributed by atoms with van der Waals surface area (Å²) >= 11 is 0. The Morgan fingerprint density at radius 2 is 2.12 bits per heavy atom.